The molecule has 3 rings (SSSR count). The van der Waals surface area contributed by atoms with Gasteiger partial charge in [-0.3, -0.25) is 4.79 Å². The van der Waals surface area contributed by atoms with Crippen LogP contribution in [-0.4, -0.2) is 51.6 Å². The van der Waals surface area contributed by atoms with Gasteiger partial charge >= 0.3 is 12.0 Å². The second kappa shape index (κ2) is 5.26. The first-order valence-corrected chi connectivity index (χ1v) is 7.87. The van der Waals surface area contributed by atoms with Crippen LogP contribution in [0.1, 0.15) is 51.9 Å². The van der Waals surface area contributed by atoms with Crippen LogP contribution in [0.4, 0.5) is 4.79 Å². The molecule has 0 radical (unpaired) electrons. The smallest absolute Gasteiger partial charge is 0.320 e. The Balaban J connectivity index is 1.67. The first-order chi connectivity index (χ1) is 9.56. The summed E-state index contributed by atoms with van der Waals surface area (Å²) in [5.41, 5.74) is 0. The van der Waals surface area contributed by atoms with E-state index in [4.69, 9.17) is 5.11 Å². The van der Waals surface area contributed by atoms with Gasteiger partial charge in [-0.25, -0.2) is 4.79 Å². The van der Waals surface area contributed by atoms with Gasteiger partial charge in [0.2, 0.25) is 0 Å². The van der Waals surface area contributed by atoms with Crippen molar-refractivity contribution in [1.82, 2.24) is 9.80 Å². The highest BCUT2D eigenvalue weighted by Gasteiger charge is 2.45. The van der Waals surface area contributed by atoms with E-state index in [1.54, 1.807) is 0 Å². The molecule has 2 amide bonds. The van der Waals surface area contributed by atoms with Gasteiger partial charge in [-0.05, 0) is 51.4 Å². The van der Waals surface area contributed by atoms with Crippen LogP contribution in [0.3, 0.4) is 0 Å². The number of urea groups is 1. The molecular formula is C15H24N2O3. The van der Waals surface area contributed by atoms with Gasteiger partial charge in [0.05, 0.1) is 0 Å². The third-order valence-electron chi connectivity index (χ3n) is 5.31. The second-order valence-electron chi connectivity index (χ2n) is 6.69. The zero-order valence-corrected chi connectivity index (χ0v) is 12.1. The number of rotatable bonds is 2. The number of likely N-dealkylation sites (tertiary alicyclic amines) is 1. The van der Waals surface area contributed by atoms with Gasteiger partial charge in [-0.2, -0.15) is 0 Å². The quantitative estimate of drug-likeness (QED) is 0.844. The lowest BCUT2D eigenvalue weighted by atomic mass is 9.88. The van der Waals surface area contributed by atoms with E-state index in [2.05, 4.69) is 11.8 Å². The number of carbonyl (C=O) groups excluding carboxylic acids is 1. The van der Waals surface area contributed by atoms with E-state index in [-0.39, 0.29) is 30.5 Å². The molecule has 112 valence electrons. The van der Waals surface area contributed by atoms with Crippen molar-refractivity contribution in [1.29, 1.82) is 0 Å². The molecule has 3 heterocycles. The molecule has 0 aromatic rings. The van der Waals surface area contributed by atoms with Crippen LogP contribution in [0.2, 0.25) is 0 Å². The lowest BCUT2D eigenvalue weighted by Gasteiger charge is -2.41. The van der Waals surface area contributed by atoms with E-state index < -0.39 is 5.97 Å². The standard InChI is InChI=1S/C15H24N2O3/c1-10-3-2-6-16(10)15(20)17-12-4-5-13(17)8-11(7-12)9-14(18)19/h10-13H,2-9H2,1H3,(H,18,19). The Labute approximate surface area is 119 Å². The van der Waals surface area contributed by atoms with Crippen LogP contribution >= 0.6 is 0 Å². The zero-order chi connectivity index (χ0) is 14.3. The third-order valence-corrected chi connectivity index (χ3v) is 5.31. The molecule has 20 heavy (non-hydrogen) atoms. The van der Waals surface area contributed by atoms with Crippen molar-refractivity contribution in [2.24, 2.45) is 5.92 Å². The number of aliphatic carboxylic acids is 1. The molecule has 5 heteroatoms. The van der Waals surface area contributed by atoms with Gasteiger partial charge in [0.1, 0.15) is 0 Å². The van der Waals surface area contributed by atoms with E-state index in [0.717, 1.165) is 45.1 Å². The molecule has 3 saturated heterocycles. The number of amides is 2. The average Bonchev–Trinajstić information content (AvgIpc) is 2.90. The Hall–Kier alpha value is -1.26. The highest BCUT2D eigenvalue weighted by molar-refractivity contribution is 5.76. The van der Waals surface area contributed by atoms with Crippen LogP contribution in [-0.2, 0) is 4.79 Å². The predicted molar refractivity (Wildman–Crippen MR) is 74.4 cm³/mol. The van der Waals surface area contributed by atoms with Crippen molar-refractivity contribution in [3.8, 4) is 0 Å². The molecule has 3 aliphatic rings. The molecule has 0 saturated carbocycles. The van der Waals surface area contributed by atoms with Gasteiger partial charge in [0.15, 0.2) is 0 Å². The Morgan fingerprint density at radius 1 is 1.15 bits per heavy atom. The maximum atomic E-state index is 12.7. The maximum Gasteiger partial charge on any atom is 0.320 e. The summed E-state index contributed by atoms with van der Waals surface area (Å²) in [6.45, 7) is 3.01. The van der Waals surface area contributed by atoms with Crippen LogP contribution in [0.15, 0.2) is 0 Å². The average molecular weight is 280 g/mol. The second-order valence-corrected chi connectivity index (χ2v) is 6.69. The minimum atomic E-state index is -0.706. The molecule has 3 aliphatic heterocycles. The summed E-state index contributed by atoms with van der Waals surface area (Å²) in [5.74, 6) is -0.451. The van der Waals surface area contributed by atoms with Gasteiger partial charge in [-0.1, -0.05) is 0 Å². The summed E-state index contributed by atoms with van der Waals surface area (Å²) in [5, 5.41) is 8.95. The van der Waals surface area contributed by atoms with Crippen molar-refractivity contribution < 1.29 is 14.7 Å². The molecule has 0 aliphatic carbocycles. The molecule has 3 fully saturated rings. The summed E-state index contributed by atoms with van der Waals surface area (Å²) in [6.07, 6.45) is 6.32. The van der Waals surface area contributed by atoms with Crippen LogP contribution in [0.25, 0.3) is 0 Å². The molecule has 3 unspecified atom stereocenters. The Morgan fingerprint density at radius 3 is 2.30 bits per heavy atom. The maximum absolute atomic E-state index is 12.7. The number of hydrogen-bond acceptors (Lipinski definition) is 2. The lowest BCUT2D eigenvalue weighted by Crippen LogP contribution is -2.53. The van der Waals surface area contributed by atoms with Crippen molar-refractivity contribution in [3.05, 3.63) is 0 Å². The Kier molecular flexibility index (Phi) is 3.61. The lowest BCUT2D eigenvalue weighted by molar-refractivity contribution is -0.138. The highest BCUT2D eigenvalue weighted by Crippen LogP contribution is 2.41. The van der Waals surface area contributed by atoms with Crippen LogP contribution in [0, 0.1) is 5.92 Å². The molecule has 0 aromatic heterocycles. The van der Waals surface area contributed by atoms with Crippen molar-refractivity contribution >= 4 is 12.0 Å². The number of fused-ring (bicyclic) bond motifs is 2. The molecule has 1 N–H and O–H groups in total. The zero-order valence-electron chi connectivity index (χ0n) is 12.1. The van der Waals surface area contributed by atoms with E-state index >= 15 is 0 Å². The Morgan fingerprint density at radius 2 is 1.80 bits per heavy atom. The SMILES string of the molecule is CC1CCCN1C(=O)N1C2CCC1CC(CC(=O)O)C2. The summed E-state index contributed by atoms with van der Waals surface area (Å²) >= 11 is 0. The first kappa shape index (κ1) is 13.7. The van der Waals surface area contributed by atoms with Crippen LogP contribution < -0.4 is 0 Å². The summed E-state index contributed by atoms with van der Waals surface area (Å²) < 4.78 is 0. The largest absolute Gasteiger partial charge is 0.481 e. The van der Waals surface area contributed by atoms with Gasteiger partial charge in [0.25, 0.3) is 0 Å². The summed E-state index contributed by atoms with van der Waals surface area (Å²) in [7, 11) is 0. The van der Waals surface area contributed by atoms with E-state index in [9.17, 15) is 9.59 Å². The molecule has 2 bridgehead atoms. The molecular weight excluding hydrogens is 256 g/mol. The summed E-state index contributed by atoms with van der Waals surface area (Å²) in [4.78, 5) is 27.7. The van der Waals surface area contributed by atoms with E-state index in [0.29, 0.717) is 6.04 Å². The highest BCUT2D eigenvalue weighted by atomic mass is 16.4. The topological polar surface area (TPSA) is 60.9 Å². The van der Waals surface area contributed by atoms with Gasteiger partial charge in [-0.15, -0.1) is 0 Å². The number of carboxylic acids is 1. The fourth-order valence-electron chi connectivity index (χ4n) is 4.38. The first-order valence-electron chi connectivity index (χ1n) is 7.87. The number of carbonyl (C=O) groups is 2. The minimum Gasteiger partial charge on any atom is -0.481 e. The Bertz CT molecular complexity index is 398. The van der Waals surface area contributed by atoms with Crippen molar-refractivity contribution in [2.75, 3.05) is 6.54 Å². The molecule has 3 atom stereocenters. The number of hydrogen-bond donors (Lipinski definition) is 1. The third kappa shape index (κ3) is 2.38. The molecule has 5 nitrogen and oxygen atoms in total. The monoisotopic (exact) mass is 280 g/mol. The minimum absolute atomic E-state index is 0.205. The number of piperidine rings is 1. The number of carboxylic acid groups (broad SMARTS) is 1. The van der Waals surface area contributed by atoms with Gasteiger partial charge < -0.3 is 14.9 Å². The van der Waals surface area contributed by atoms with E-state index in [1.165, 1.54) is 0 Å². The van der Waals surface area contributed by atoms with Gasteiger partial charge in [0, 0.05) is 31.1 Å². The van der Waals surface area contributed by atoms with Crippen LogP contribution in [0.5, 0.6) is 0 Å². The fourth-order valence-corrected chi connectivity index (χ4v) is 4.38. The van der Waals surface area contributed by atoms with Crippen molar-refractivity contribution in [2.45, 2.75) is 70.0 Å². The fraction of sp³-hybridized carbons (Fsp3) is 0.867. The molecule has 0 aromatic carbocycles. The predicted octanol–water partition coefficient (Wildman–Crippen LogP) is 2.31. The van der Waals surface area contributed by atoms with E-state index in [1.807, 2.05) is 4.90 Å². The summed E-state index contributed by atoms with van der Waals surface area (Å²) in [6, 6.07) is 1.12. The number of nitrogens with zero attached hydrogens (tertiary/aromatic N) is 2. The molecule has 0 spiro atoms. The van der Waals surface area contributed by atoms with Crippen molar-refractivity contribution in [3.63, 3.8) is 0 Å². The normalized spacial score (nSPS) is 36.5.